The molecular weight excluding hydrogens is 382 g/mol. The van der Waals surface area contributed by atoms with E-state index in [-0.39, 0.29) is 11.9 Å². The van der Waals surface area contributed by atoms with Gasteiger partial charge in [-0.3, -0.25) is 9.89 Å². The number of nitrogens with zero attached hydrogens (tertiary/aromatic N) is 2. The molecule has 1 unspecified atom stereocenters. The zero-order valence-corrected chi connectivity index (χ0v) is 17.3. The van der Waals surface area contributed by atoms with Crippen LogP contribution in [0.1, 0.15) is 34.1 Å². The number of ether oxygens (including phenoxy) is 3. The average molecular weight is 407 g/mol. The molecular formula is C23H25N3O4. The van der Waals surface area contributed by atoms with Gasteiger partial charge in [0, 0.05) is 31.4 Å². The molecule has 0 saturated heterocycles. The van der Waals surface area contributed by atoms with Gasteiger partial charge in [0.2, 0.25) is 0 Å². The molecule has 156 valence electrons. The number of aromatic nitrogens is 2. The Morgan fingerprint density at radius 1 is 1.03 bits per heavy atom. The highest BCUT2D eigenvalue weighted by Crippen LogP contribution is 2.43. The zero-order valence-electron chi connectivity index (χ0n) is 17.3. The normalized spacial score (nSPS) is 15.4. The number of benzene rings is 2. The number of H-pyrrole nitrogens is 1. The minimum absolute atomic E-state index is 0.0523. The van der Waals surface area contributed by atoms with Gasteiger partial charge in [-0.2, -0.15) is 5.10 Å². The van der Waals surface area contributed by atoms with Crippen LogP contribution in [0.5, 0.6) is 11.5 Å². The molecule has 1 N–H and O–H groups in total. The highest BCUT2D eigenvalue weighted by molar-refractivity contribution is 6.00. The Hall–Kier alpha value is -3.32. The van der Waals surface area contributed by atoms with E-state index in [1.165, 1.54) is 0 Å². The van der Waals surface area contributed by atoms with Crippen LogP contribution in [0.2, 0.25) is 0 Å². The number of carbonyl (C=O) groups excluding carboxylic acids is 1. The van der Waals surface area contributed by atoms with E-state index >= 15 is 0 Å². The summed E-state index contributed by atoms with van der Waals surface area (Å²) in [5.41, 5.74) is 4.08. The van der Waals surface area contributed by atoms with Gasteiger partial charge >= 0.3 is 0 Å². The molecule has 2 aromatic carbocycles. The molecule has 2 heterocycles. The van der Waals surface area contributed by atoms with Crippen molar-refractivity contribution in [3.63, 3.8) is 0 Å². The van der Waals surface area contributed by atoms with Crippen molar-refractivity contribution >= 4 is 5.91 Å². The number of amides is 1. The van der Waals surface area contributed by atoms with E-state index in [2.05, 4.69) is 10.2 Å². The highest BCUT2D eigenvalue weighted by Gasteiger charge is 2.41. The molecule has 0 radical (unpaired) electrons. The fraction of sp³-hybridized carbons (Fsp3) is 0.304. The molecule has 4 rings (SSSR count). The number of methoxy groups -OCH3 is 3. The predicted octanol–water partition coefficient (Wildman–Crippen LogP) is 3.68. The Kier molecular flexibility index (Phi) is 5.72. The summed E-state index contributed by atoms with van der Waals surface area (Å²) in [6.07, 6.45) is 0.751. The first-order valence-corrected chi connectivity index (χ1v) is 9.84. The van der Waals surface area contributed by atoms with Gasteiger partial charge in [0.15, 0.2) is 0 Å². The van der Waals surface area contributed by atoms with Crippen molar-refractivity contribution in [2.24, 2.45) is 0 Å². The van der Waals surface area contributed by atoms with E-state index in [0.717, 1.165) is 40.3 Å². The molecule has 0 saturated carbocycles. The summed E-state index contributed by atoms with van der Waals surface area (Å²) in [5.74, 6) is 1.46. The summed E-state index contributed by atoms with van der Waals surface area (Å²) in [5, 5.41) is 7.47. The van der Waals surface area contributed by atoms with Crippen LogP contribution in [0.15, 0.2) is 48.5 Å². The van der Waals surface area contributed by atoms with E-state index in [0.29, 0.717) is 18.8 Å². The second-order valence-electron chi connectivity index (χ2n) is 7.11. The fourth-order valence-corrected chi connectivity index (χ4v) is 3.93. The van der Waals surface area contributed by atoms with Crippen molar-refractivity contribution in [1.82, 2.24) is 15.1 Å². The van der Waals surface area contributed by atoms with E-state index in [9.17, 15) is 4.79 Å². The van der Waals surface area contributed by atoms with Crippen molar-refractivity contribution in [2.75, 3.05) is 34.5 Å². The molecule has 30 heavy (non-hydrogen) atoms. The molecule has 0 fully saturated rings. The van der Waals surface area contributed by atoms with Gasteiger partial charge in [-0.25, -0.2) is 0 Å². The third-order valence-electron chi connectivity index (χ3n) is 5.39. The van der Waals surface area contributed by atoms with Gasteiger partial charge in [-0.05, 0) is 36.2 Å². The van der Waals surface area contributed by atoms with E-state index in [1.807, 2.05) is 53.4 Å². The molecule has 0 spiro atoms. The maximum atomic E-state index is 13.2. The van der Waals surface area contributed by atoms with Crippen molar-refractivity contribution in [3.8, 4) is 22.8 Å². The lowest BCUT2D eigenvalue weighted by Gasteiger charge is -2.26. The number of rotatable bonds is 8. The van der Waals surface area contributed by atoms with Crippen LogP contribution < -0.4 is 9.47 Å². The van der Waals surface area contributed by atoms with Crippen molar-refractivity contribution in [2.45, 2.75) is 12.5 Å². The van der Waals surface area contributed by atoms with E-state index in [1.54, 1.807) is 21.3 Å². The number of nitrogens with one attached hydrogen (secondary N) is 1. The van der Waals surface area contributed by atoms with Crippen molar-refractivity contribution < 1.29 is 19.0 Å². The molecule has 0 bridgehead atoms. The molecule has 7 heteroatoms. The van der Waals surface area contributed by atoms with Crippen molar-refractivity contribution in [3.05, 3.63) is 65.4 Å². The third kappa shape index (κ3) is 3.52. The van der Waals surface area contributed by atoms with E-state index < -0.39 is 0 Å². The lowest BCUT2D eigenvalue weighted by molar-refractivity contribution is 0.0723. The molecule has 7 nitrogen and oxygen atoms in total. The number of hydrogen-bond acceptors (Lipinski definition) is 5. The van der Waals surface area contributed by atoms with Crippen LogP contribution >= 0.6 is 0 Å². The summed E-state index contributed by atoms with van der Waals surface area (Å²) < 4.78 is 15.9. The first kappa shape index (κ1) is 20.0. The van der Waals surface area contributed by atoms with Crippen LogP contribution in [-0.4, -0.2) is 55.5 Å². The lowest BCUT2D eigenvalue weighted by Crippen LogP contribution is -2.31. The van der Waals surface area contributed by atoms with Crippen LogP contribution in [0, 0.1) is 0 Å². The summed E-state index contributed by atoms with van der Waals surface area (Å²) >= 11 is 0. The Balaban J connectivity index is 1.80. The lowest BCUT2D eigenvalue weighted by atomic mass is 9.96. The average Bonchev–Trinajstić information content (AvgIpc) is 3.33. The van der Waals surface area contributed by atoms with Gasteiger partial charge in [-0.15, -0.1) is 0 Å². The fourth-order valence-electron chi connectivity index (χ4n) is 3.93. The molecule has 1 atom stereocenters. The maximum absolute atomic E-state index is 13.2. The summed E-state index contributed by atoms with van der Waals surface area (Å²) in [6.45, 7) is 1.18. The SMILES string of the molecule is COCCCN1C(=O)c2[nH]nc(-c3cccc(OC)c3)c2C1c1ccc(OC)cc1. The number of aromatic amines is 1. The second kappa shape index (κ2) is 8.59. The molecule has 1 aliphatic rings. The quantitative estimate of drug-likeness (QED) is 0.577. The summed E-state index contributed by atoms with van der Waals surface area (Å²) in [4.78, 5) is 15.1. The molecule has 1 amide bonds. The topological polar surface area (TPSA) is 76.7 Å². The van der Waals surface area contributed by atoms with Crippen LogP contribution in [0.4, 0.5) is 0 Å². The van der Waals surface area contributed by atoms with Crippen LogP contribution in [0.3, 0.4) is 0 Å². The molecule has 1 aliphatic heterocycles. The Bertz CT molecular complexity index is 1030. The molecule has 3 aromatic rings. The van der Waals surface area contributed by atoms with Gasteiger partial charge < -0.3 is 19.1 Å². The van der Waals surface area contributed by atoms with E-state index in [4.69, 9.17) is 14.2 Å². The minimum Gasteiger partial charge on any atom is -0.497 e. The summed E-state index contributed by atoms with van der Waals surface area (Å²) in [6, 6.07) is 15.3. The largest absolute Gasteiger partial charge is 0.497 e. The Morgan fingerprint density at radius 2 is 1.80 bits per heavy atom. The maximum Gasteiger partial charge on any atom is 0.273 e. The highest BCUT2D eigenvalue weighted by atomic mass is 16.5. The minimum atomic E-state index is -0.241. The Labute approximate surface area is 175 Å². The Morgan fingerprint density at radius 3 is 2.50 bits per heavy atom. The van der Waals surface area contributed by atoms with Crippen molar-refractivity contribution in [1.29, 1.82) is 0 Å². The standard InChI is InChI=1S/C23H25N3O4/c1-28-13-5-12-26-22(15-8-10-17(29-2)11-9-15)19-20(24-25-21(19)23(26)27)16-6-4-7-18(14-16)30-3/h4,6-11,14,22H,5,12-13H2,1-3H3,(H,24,25). The predicted molar refractivity (Wildman–Crippen MR) is 113 cm³/mol. The third-order valence-corrected chi connectivity index (χ3v) is 5.39. The first-order chi connectivity index (χ1) is 14.7. The second-order valence-corrected chi connectivity index (χ2v) is 7.11. The monoisotopic (exact) mass is 407 g/mol. The van der Waals surface area contributed by atoms with Crippen LogP contribution in [-0.2, 0) is 4.74 Å². The van der Waals surface area contributed by atoms with Gasteiger partial charge in [-0.1, -0.05) is 24.3 Å². The zero-order chi connectivity index (χ0) is 21.1. The first-order valence-electron chi connectivity index (χ1n) is 9.84. The number of hydrogen-bond donors (Lipinski definition) is 1. The summed E-state index contributed by atoms with van der Waals surface area (Å²) in [7, 11) is 4.94. The number of carbonyl (C=O) groups is 1. The molecule has 1 aromatic heterocycles. The van der Waals surface area contributed by atoms with Gasteiger partial charge in [0.1, 0.15) is 17.2 Å². The smallest absolute Gasteiger partial charge is 0.273 e. The van der Waals surface area contributed by atoms with Gasteiger partial charge in [0.05, 0.1) is 26.0 Å². The van der Waals surface area contributed by atoms with Crippen LogP contribution in [0.25, 0.3) is 11.3 Å². The number of fused-ring (bicyclic) bond motifs is 1. The molecule has 0 aliphatic carbocycles. The van der Waals surface area contributed by atoms with Gasteiger partial charge in [0.25, 0.3) is 5.91 Å².